The molecule has 4 aromatic rings. The van der Waals surface area contributed by atoms with Gasteiger partial charge in [-0.1, -0.05) is 24.3 Å². The zero-order valence-corrected chi connectivity index (χ0v) is 14.0. The zero-order chi connectivity index (χ0) is 17.2. The molecule has 0 spiro atoms. The van der Waals surface area contributed by atoms with Crippen molar-refractivity contribution in [1.82, 2.24) is 19.9 Å². The number of fused-ring (bicyclic) bond motifs is 2. The third-order valence-corrected chi connectivity index (χ3v) is 4.71. The fraction of sp³-hybridized carbons (Fsp3) is 0.111. The van der Waals surface area contributed by atoms with Crippen LogP contribution in [0.25, 0.3) is 22.1 Å². The third-order valence-electron chi connectivity index (χ3n) is 3.77. The van der Waals surface area contributed by atoms with Gasteiger partial charge in [-0.25, -0.2) is 9.97 Å². The molecule has 0 saturated heterocycles. The first kappa shape index (κ1) is 15.6. The minimum Gasteiger partial charge on any atom is -0.335 e. The Bertz CT molecular complexity index is 931. The van der Waals surface area contributed by atoms with Crippen molar-refractivity contribution in [3.05, 3.63) is 60.2 Å². The van der Waals surface area contributed by atoms with Crippen LogP contribution in [-0.2, 0) is 0 Å². The van der Waals surface area contributed by atoms with E-state index in [-0.39, 0.29) is 23.1 Å². The predicted octanol–water partition coefficient (Wildman–Crippen LogP) is 3.24. The number of hydrogen-bond donors (Lipinski definition) is 2. The first-order valence-electron chi connectivity index (χ1n) is 7.74. The van der Waals surface area contributed by atoms with Crippen molar-refractivity contribution >= 4 is 45.4 Å². The lowest BCUT2D eigenvalue weighted by Crippen LogP contribution is -2.09. The third kappa shape index (κ3) is 3.18. The van der Waals surface area contributed by atoms with E-state index in [4.69, 9.17) is 0 Å². The molecule has 0 amide bonds. The SMILES string of the molecule is O=C(CSCC(=O)c1nc2ccccc2[nH]1)c1nc2ccccc2[nH]1. The van der Waals surface area contributed by atoms with Gasteiger partial charge in [0.2, 0.25) is 11.6 Å². The number of thioether (sulfide) groups is 1. The molecule has 25 heavy (non-hydrogen) atoms. The Morgan fingerprint density at radius 2 is 1.20 bits per heavy atom. The fourth-order valence-electron chi connectivity index (χ4n) is 2.54. The topological polar surface area (TPSA) is 91.5 Å². The number of carbonyl (C=O) groups excluding carboxylic acids is 2. The Morgan fingerprint density at radius 1 is 0.760 bits per heavy atom. The molecule has 0 unspecified atom stereocenters. The molecule has 2 heterocycles. The number of hydrogen-bond acceptors (Lipinski definition) is 5. The highest BCUT2D eigenvalue weighted by molar-refractivity contribution is 8.00. The minimum atomic E-state index is -0.126. The summed E-state index contributed by atoms with van der Waals surface area (Å²) in [6, 6.07) is 15.0. The second kappa shape index (κ2) is 6.52. The van der Waals surface area contributed by atoms with Crippen LogP contribution < -0.4 is 0 Å². The normalized spacial score (nSPS) is 11.2. The molecule has 2 N–H and O–H groups in total. The van der Waals surface area contributed by atoms with Crippen LogP contribution in [0.1, 0.15) is 21.2 Å². The second-order valence-electron chi connectivity index (χ2n) is 5.54. The van der Waals surface area contributed by atoms with Gasteiger partial charge in [0, 0.05) is 0 Å². The maximum Gasteiger partial charge on any atom is 0.207 e. The van der Waals surface area contributed by atoms with E-state index in [1.165, 1.54) is 11.8 Å². The Morgan fingerprint density at radius 3 is 1.64 bits per heavy atom. The quantitative estimate of drug-likeness (QED) is 0.521. The van der Waals surface area contributed by atoms with Crippen LogP contribution in [0, 0.1) is 0 Å². The van der Waals surface area contributed by atoms with Crippen molar-refractivity contribution < 1.29 is 9.59 Å². The van der Waals surface area contributed by atoms with Gasteiger partial charge in [0.15, 0.2) is 11.6 Å². The van der Waals surface area contributed by atoms with Crippen LogP contribution >= 0.6 is 11.8 Å². The maximum atomic E-state index is 12.2. The van der Waals surface area contributed by atoms with Gasteiger partial charge in [-0.05, 0) is 24.3 Å². The number of ketones is 2. The Kier molecular flexibility index (Phi) is 4.07. The number of carbonyl (C=O) groups is 2. The Hall–Kier alpha value is -2.93. The largest absolute Gasteiger partial charge is 0.335 e. The summed E-state index contributed by atoms with van der Waals surface area (Å²) < 4.78 is 0. The molecule has 0 atom stereocenters. The summed E-state index contributed by atoms with van der Waals surface area (Å²) >= 11 is 1.26. The number of para-hydroxylation sites is 4. The second-order valence-corrected chi connectivity index (χ2v) is 6.53. The molecular weight excluding hydrogens is 336 g/mol. The van der Waals surface area contributed by atoms with Gasteiger partial charge in [-0.2, -0.15) is 0 Å². The van der Waals surface area contributed by atoms with Gasteiger partial charge in [0.25, 0.3) is 0 Å². The lowest BCUT2D eigenvalue weighted by Gasteiger charge is -1.97. The lowest BCUT2D eigenvalue weighted by molar-refractivity contribution is 0.101. The van der Waals surface area contributed by atoms with Crippen molar-refractivity contribution in [2.75, 3.05) is 11.5 Å². The van der Waals surface area contributed by atoms with Gasteiger partial charge < -0.3 is 9.97 Å². The van der Waals surface area contributed by atoms with Crippen LogP contribution in [0.15, 0.2) is 48.5 Å². The number of Topliss-reactive ketones (excluding diaryl/α,β-unsaturated/α-hetero) is 2. The lowest BCUT2D eigenvalue weighted by atomic mass is 10.3. The number of imidazole rings is 2. The van der Waals surface area contributed by atoms with Crippen LogP contribution in [0.3, 0.4) is 0 Å². The zero-order valence-electron chi connectivity index (χ0n) is 13.2. The number of nitrogens with zero attached hydrogens (tertiary/aromatic N) is 2. The van der Waals surface area contributed by atoms with Crippen molar-refractivity contribution in [2.45, 2.75) is 0 Å². The van der Waals surface area contributed by atoms with Crippen molar-refractivity contribution in [3.8, 4) is 0 Å². The van der Waals surface area contributed by atoms with Crippen molar-refractivity contribution in [1.29, 1.82) is 0 Å². The van der Waals surface area contributed by atoms with Crippen LogP contribution in [0.5, 0.6) is 0 Å². The van der Waals surface area contributed by atoms with Crippen molar-refractivity contribution in [3.63, 3.8) is 0 Å². The first-order chi connectivity index (χ1) is 12.2. The molecule has 0 saturated carbocycles. The molecule has 0 aliphatic rings. The van der Waals surface area contributed by atoms with E-state index in [9.17, 15) is 9.59 Å². The molecule has 6 nitrogen and oxygen atoms in total. The van der Waals surface area contributed by atoms with E-state index < -0.39 is 0 Å². The molecule has 4 rings (SSSR count). The minimum absolute atomic E-state index is 0.126. The monoisotopic (exact) mass is 350 g/mol. The van der Waals surface area contributed by atoms with Crippen LogP contribution in [0.4, 0.5) is 0 Å². The first-order valence-corrected chi connectivity index (χ1v) is 8.90. The molecule has 0 fully saturated rings. The summed E-state index contributed by atoms with van der Waals surface area (Å²) in [5, 5.41) is 0. The molecule has 7 heteroatoms. The van der Waals surface area contributed by atoms with Gasteiger partial charge in [-0.15, -0.1) is 11.8 Å². The summed E-state index contributed by atoms with van der Waals surface area (Å²) in [5.41, 5.74) is 3.17. The molecule has 2 aromatic carbocycles. The molecule has 0 aliphatic carbocycles. The molecule has 0 aliphatic heterocycles. The van der Waals surface area contributed by atoms with Crippen LogP contribution in [-0.4, -0.2) is 43.0 Å². The Labute approximate surface area is 147 Å². The molecule has 0 radical (unpaired) electrons. The maximum absolute atomic E-state index is 12.2. The van der Waals surface area contributed by atoms with Gasteiger partial charge in [0.1, 0.15) is 0 Å². The van der Waals surface area contributed by atoms with Gasteiger partial charge >= 0.3 is 0 Å². The van der Waals surface area contributed by atoms with Gasteiger partial charge in [0.05, 0.1) is 33.6 Å². The Balaban J connectivity index is 1.38. The van der Waals surface area contributed by atoms with E-state index in [0.717, 1.165) is 22.1 Å². The molecule has 2 aromatic heterocycles. The van der Waals surface area contributed by atoms with Gasteiger partial charge in [-0.3, -0.25) is 9.59 Å². The molecule has 0 bridgehead atoms. The summed E-state index contributed by atoms with van der Waals surface area (Å²) in [6.07, 6.45) is 0. The highest BCUT2D eigenvalue weighted by Crippen LogP contribution is 2.15. The summed E-state index contributed by atoms with van der Waals surface area (Å²) in [7, 11) is 0. The summed E-state index contributed by atoms with van der Waals surface area (Å²) in [6.45, 7) is 0. The molecule has 124 valence electrons. The number of H-pyrrole nitrogens is 2. The standard InChI is InChI=1S/C18H14N4O2S/c23-15(17-19-11-5-1-2-6-12(11)20-17)9-25-10-16(24)18-21-13-7-3-4-8-14(13)22-18/h1-8H,9-10H2,(H,19,20)(H,21,22). The van der Waals surface area contributed by atoms with E-state index in [1.54, 1.807) is 0 Å². The van der Waals surface area contributed by atoms with E-state index in [2.05, 4.69) is 19.9 Å². The highest BCUT2D eigenvalue weighted by atomic mass is 32.2. The van der Waals surface area contributed by atoms with Crippen LogP contribution in [0.2, 0.25) is 0 Å². The fourth-order valence-corrected chi connectivity index (χ4v) is 3.29. The van der Waals surface area contributed by atoms with E-state index >= 15 is 0 Å². The number of rotatable bonds is 6. The number of nitrogens with one attached hydrogen (secondary N) is 2. The average molecular weight is 350 g/mol. The summed E-state index contributed by atoms with van der Waals surface area (Å²) in [5.74, 6) is 0.768. The molecular formula is C18H14N4O2S. The smallest absolute Gasteiger partial charge is 0.207 e. The average Bonchev–Trinajstić information content (AvgIpc) is 3.25. The number of benzene rings is 2. The summed E-state index contributed by atoms with van der Waals surface area (Å²) in [4.78, 5) is 39.0. The number of aromatic nitrogens is 4. The highest BCUT2D eigenvalue weighted by Gasteiger charge is 2.15. The van der Waals surface area contributed by atoms with E-state index in [0.29, 0.717) is 11.6 Å². The van der Waals surface area contributed by atoms with Crippen molar-refractivity contribution in [2.24, 2.45) is 0 Å². The number of aromatic amines is 2. The predicted molar refractivity (Wildman–Crippen MR) is 98.2 cm³/mol. The van der Waals surface area contributed by atoms with E-state index in [1.807, 2.05) is 48.5 Å².